The van der Waals surface area contributed by atoms with Crippen molar-refractivity contribution in [1.29, 1.82) is 0 Å². The second-order valence-electron chi connectivity index (χ2n) is 3.11. The van der Waals surface area contributed by atoms with Crippen LogP contribution in [0.3, 0.4) is 0 Å². The fourth-order valence-corrected chi connectivity index (χ4v) is 1.07. The fourth-order valence-electron chi connectivity index (χ4n) is 1.07. The molecule has 2 unspecified atom stereocenters. The van der Waals surface area contributed by atoms with Gasteiger partial charge in [-0.25, -0.2) is 0 Å². The molecule has 14 heavy (non-hydrogen) atoms. The molecule has 0 aromatic heterocycles. The lowest BCUT2D eigenvalue weighted by Gasteiger charge is -2.18. The predicted molar refractivity (Wildman–Crippen MR) is 53.7 cm³/mol. The van der Waals surface area contributed by atoms with Crippen LogP contribution in [0.2, 0.25) is 0 Å². The quantitative estimate of drug-likeness (QED) is 0.722. The molecule has 1 aromatic rings. The minimum atomic E-state index is -0.780. The molecule has 0 saturated heterocycles. The second-order valence-corrected chi connectivity index (χ2v) is 3.11. The van der Waals surface area contributed by atoms with E-state index >= 15 is 0 Å². The smallest absolute Gasteiger partial charge is 0.260 e. The largest absolute Gasteiger partial charge is 0.479 e. The number of primary amides is 1. The van der Waals surface area contributed by atoms with Crippen molar-refractivity contribution in [2.45, 2.75) is 19.1 Å². The zero-order valence-corrected chi connectivity index (χ0v) is 8.01. The van der Waals surface area contributed by atoms with Gasteiger partial charge in [0.2, 0.25) is 0 Å². The number of para-hydroxylation sites is 1. The van der Waals surface area contributed by atoms with Gasteiger partial charge in [-0.15, -0.1) is 0 Å². The Bertz CT molecular complexity index is 298. The van der Waals surface area contributed by atoms with Crippen LogP contribution in [-0.2, 0) is 4.79 Å². The number of amides is 1. The molecule has 1 aromatic carbocycles. The average Bonchev–Trinajstić information content (AvgIpc) is 2.15. The van der Waals surface area contributed by atoms with Gasteiger partial charge in [0.15, 0.2) is 6.10 Å². The number of hydrogen-bond donors (Lipinski definition) is 2. The molecule has 4 N–H and O–H groups in total. The molecule has 0 radical (unpaired) electrons. The second kappa shape index (κ2) is 4.62. The molecule has 0 saturated carbocycles. The molecule has 0 aliphatic rings. The third-order valence-electron chi connectivity index (χ3n) is 1.76. The number of nitrogens with two attached hydrogens (primary N) is 2. The van der Waals surface area contributed by atoms with Gasteiger partial charge < -0.3 is 16.2 Å². The van der Waals surface area contributed by atoms with Crippen molar-refractivity contribution in [3.05, 3.63) is 30.3 Å². The molecule has 0 aliphatic carbocycles. The van der Waals surface area contributed by atoms with E-state index in [1.54, 1.807) is 19.1 Å². The number of carbonyl (C=O) groups is 1. The summed E-state index contributed by atoms with van der Waals surface area (Å²) in [6, 6.07) is 8.56. The lowest BCUT2D eigenvalue weighted by Crippen LogP contribution is -2.46. The molecule has 0 heterocycles. The summed E-state index contributed by atoms with van der Waals surface area (Å²) in [6.07, 6.45) is -0.780. The Morgan fingerprint density at radius 3 is 2.36 bits per heavy atom. The van der Waals surface area contributed by atoms with Gasteiger partial charge in [-0.05, 0) is 19.1 Å². The van der Waals surface area contributed by atoms with Gasteiger partial charge in [0.05, 0.1) is 0 Å². The van der Waals surface area contributed by atoms with E-state index in [-0.39, 0.29) is 0 Å². The molecular weight excluding hydrogens is 180 g/mol. The summed E-state index contributed by atoms with van der Waals surface area (Å²) >= 11 is 0. The van der Waals surface area contributed by atoms with E-state index in [1.807, 2.05) is 18.2 Å². The van der Waals surface area contributed by atoms with Crippen molar-refractivity contribution in [2.75, 3.05) is 0 Å². The molecule has 0 spiro atoms. The average molecular weight is 194 g/mol. The molecule has 0 aliphatic heterocycles. The Morgan fingerprint density at radius 1 is 1.36 bits per heavy atom. The maximum Gasteiger partial charge on any atom is 0.260 e. The van der Waals surface area contributed by atoms with Crippen molar-refractivity contribution < 1.29 is 9.53 Å². The zero-order chi connectivity index (χ0) is 10.6. The number of rotatable bonds is 4. The highest BCUT2D eigenvalue weighted by Gasteiger charge is 2.21. The molecule has 1 amide bonds. The summed E-state index contributed by atoms with van der Waals surface area (Å²) in [5.41, 5.74) is 10.7. The first-order valence-electron chi connectivity index (χ1n) is 4.38. The summed E-state index contributed by atoms with van der Waals surface area (Å²) in [4.78, 5) is 11.0. The number of carbonyl (C=O) groups excluding carboxylic acids is 1. The van der Waals surface area contributed by atoms with Crippen LogP contribution in [0.15, 0.2) is 30.3 Å². The zero-order valence-electron chi connectivity index (χ0n) is 8.01. The third-order valence-corrected chi connectivity index (χ3v) is 1.76. The summed E-state index contributed by atoms with van der Waals surface area (Å²) < 4.78 is 5.34. The van der Waals surface area contributed by atoms with Crippen molar-refractivity contribution in [3.8, 4) is 5.75 Å². The highest BCUT2D eigenvalue weighted by molar-refractivity contribution is 5.80. The number of ether oxygens (including phenoxy) is 1. The molecule has 0 bridgehead atoms. The number of hydrogen-bond acceptors (Lipinski definition) is 3. The van der Waals surface area contributed by atoms with E-state index in [9.17, 15) is 4.79 Å². The van der Waals surface area contributed by atoms with Gasteiger partial charge in [-0.2, -0.15) is 0 Å². The predicted octanol–water partition coefficient (Wildman–Crippen LogP) is 0.267. The maximum absolute atomic E-state index is 11.0. The van der Waals surface area contributed by atoms with Crippen LogP contribution >= 0.6 is 0 Å². The van der Waals surface area contributed by atoms with Crippen molar-refractivity contribution >= 4 is 5.91 Å². The minimum absolute atomic E-state index is 0.423. The highest BCUT2D eigenvalue weighted by atomic mass is 16.5. The van der Waals surface area contributed by atoms with E-state index < -0.39 is 18.1 Å². The van der Waals surface area contributed by atoms with E-state index in [0.29, 0.717) is 5.75 Å². The van der Waals surface area contributed by atoms with E-state index in [2.05, 4.69) is 0 Å². The Balaban J connectivity index is 2.70. The normalized spacial score (nSPS) is 14.4. The van der Waals surface area contributed by atoms with E-state index in [0.717, 1.165) is 0 Å². The molecule has 76 valence electrons. The first kappa shape index (κ1) is 10.5. The van der Waals surface area contributed by atoms with Crippen LogP contribution in [0, 0.1) is 0 Å². The minimum Gasteiger partial charge on any atom is -0.479 e. The van der Waals surface area contributed by atoms with Gasteiger partial charge in [-0.3, -0.25) is 4.79 Å². The van der Waals surface area contributed by atoms with Crippen LogP contribution in [0.5, 0.6) is 5.75 Å². The molecule has 0 fully saturated rings. The summed E-state index contributed by atoms with van der Waals surface area (Å²) in [5.74, 6) is 0.0393. The van der Waals surface area contributed by atoms with Gasteiger partial charge in [0.25, 0.3) is 5.91 Å². The van der Waals surface area contributed by atoms with Gasteiger partial charge in [0.1, 0.15) is 5.75 Å². The SMILES string of the molecule is CC(N)C(Oc1ccccc1)C(N)=O. The monoisotopic (exact) mass is 194 g/mol. The van der Waals surface area contributed by atoms with Crippen LogP contribution in [0.4, 0.5) is 0 Å². The molecule has 4 nitrogen and oxygen atoms in total. The van der Waals surface area contributed by atoms with Crippen LogP contribution in [-0.4, -0.2) is 18.1 Å². The van der Waals surface area contributed by atoms with Gasteiger partial charge in [-0.1, -0.05) is 18.2 Å². The lowest BCUT2D eigenvalue weighted by molar-refractivity contribution is -0.125. The van der Waals surface area contributed by atoms with E-state index in [4.69, 9.17) is 16.2 Å². The topological polar surface area (TPSA) is 78.3 Å². The van der Waals surface area contributed by atoms with Crippen LogP contribution < -0.4 is 16.2 Å². The van der Waals surface area contributed by atoms with Crippen molar-refractivity contribution in [1.82, 2.24) is 0 Å². The standard InChI is InChI=1S/C10H14N2O2/c1-7(11)9(10(12)13)14-8-5-3-2-4-6-8/h2-7,9H,11H2,1H3,(H2,12,13). The van der Waals surface area contributed by atoms with Crippen LogP contribution in [0.1, 0.15) is 6.92 Å². The highest BCUT2D eigenvalue weighted by Crippen LogP contribution is 2.11. The Morgan fingerprint density at radius 2 is 1.93 bits per heavy atom. The lowest BCUT2D eigenvalue weighted by atomic mass is 10.2. The molecule has 2 atom stereocenters. The summed E-state index contributed by atoms with van der Waals surface area (Å²) in [7, 11) is 0. The van der Waals surface area contributed by atoms with E-state index in [1.165, 1.54) is 0 Å². The van der Waals surface area contributed by atoms with Crippen LogP contribution in [0.25, 0.3) is 0 Å². The molecule has 4 heteroatoms. The number of benzene rings is 1. The first-order valence-corrected chi connectivity index (χ1v) is 4.38. The van der Waals surface area contributed by atoms with Crippen molar-refractivity contribution in [3.63, 3.8) is 0 Å². The third kappa shape index (κ3) is 2.74. The Labute approximate surface area is 82.8 Å². The summed E-state index contributed by atoms with van der Waals surface area (Å²) in [5, 5.41) is 0. The van der Waals surface area contributed by atoms with Gasteiger partial charge in [0, 0.05) is 6.04 Å². The summed E-state index contributed by atoms with van der Waals surface area (Å²) in [6.45, 7) is 1.68. The fraction of sp³-hybridized carbons (Fsp3) is 0.300. The maximum atomic E-state index is 11.0. The first-order chi connectivity index (χ1) is 6.61. The Kier molecular flexibility index (Phi) is 3.48. The molecular formula is C10H14N2O2. The van der Waals surface area contributed by atoms with Gasteiger partial charge >= 0.3 is 0 Å². The molecule has 1 rings (SSSR count). The van der Waals surface area contributed by atoms with Crippen molar-refractivity contribution in [2.24, 2.45) is 11.5 Å². The Hall–Kier alpha value is -1.55.